The van der Waals surface area contributed by atoms with Gasteiger partial charge < -0.3 is 10.2 Å². The Morgan fingerprint density at radius 3 is 2.00 bits per heavy atom. The van der Waals surface area contributed by atoms with Crippen molar-refractivity contribution in [1.29, 1.82) is 0 Å². The molecule has 0 saturated heterocycles. The van der Waals surface area contributed by atoms with Crippen molar-refractivity contribution in [3.05, 3.63) is 47.6 Å². The summed E-state index contributed by atoms with van der Waals surface area (Å²) in [6.45, 7) is 12.3. The fraction of sp³-hybridized carbons (Fsp3) is 0.619. The molecule has 0 aromatic carbocycles. The third-order valence-corrected chi connectivity index (χ3v) is 5.81. The predicted octanol–water partition coefficient (Wildman–Crippen LogP) is 4.56. The predicted molar refractivity (Wildman–Crippen MR) is 97.0 cm³/mol. The molecule has 0 aromatic rings. The fourth-order valence-electron chi connectivity index (χ4n) is 3.27. The third kappa shape index (κ3) is 4.05. The first-order valence-corrected chi connectivity index (χ1v) is 8.65. The molecule has 2 rings (SSSR count). The second-order valence-corrected chi connectivity index (χ2v) is 8.43. The summed E-state index contributed by atoms with van der Waals surface area (Å²) in [7, 11) is 0. The molecule has 0 saturated carbocycles. The molecule has 4 unspecified atom stereocenters. The average molecular weight is 316 g/mol. The van der Waals surface area contributed by atoms with Gasteiger partial charge in [0.15, 0.2) is 0 Å². The van der Waals surface area contributed by atoms with Crippen LogP contribution in [0.25, 0.3) is 0 Å². The summed E-state index contributed by atoms with van der Waals surface area (Å²) in [6, 6.07) is 0. The van der Waals surface area contributed by atoms with Gasteiger partial charge in [-0.2, -0.15) is 0 Å². The molecule has 0 amide bonds. The molecule has 0 aromatic heterocycles. The maximum Gasteiger partial charge on any atom is 0.101 e. The molecule has 0 bridgehead atoms. The van der Waals surface area contributed by atoms with E-state index in [-0.39, 0.29) is 5.41 Å². The van der Waals surface area contributed by atoms with Crippen LogP contribution in [0.1, 0.15) is 54.4 Å². The van der Waals surface area contributed by atoms with Gasteiger partial charge in [-0.05, 0) is 63.0 Å². The normalized spacial score (nSPS) is 37.6. The second kappa shape index (κ2) is 6.07. The Morgan fingerprint density at radius 1 is 0.957 bits per heavy atom. The monoisotopic (exact) mass is 316 g/mol. The van der Waals surface area contributed by atoms with Gasteiger partial charge in [-0.15, -0.1) is 0 Å². The fourth-order valence-corrected chi connectivity index (χ4v) is 3.27. The highest BCUT2D eigenvalue weighted by atomic mass is 16.3. The van der Waals surface area contributed by atoms with Crippen LogP contribution in [0.3, 0.4) is 0 Å². The summed E-state index contributed by atoms with van der Waals surface area (Å²) in [4.78, 5) is 0. The van der Waals surface area contributed by atoms with E-state index in [1.165, 1.54) is 0 Å². The molecule has 0 spiro atoms. The minimum absolute atomic E-state index is 0.143. The van der Waals surface area contributed by atoms with Gasteiger partial charge in [0.25, 0.3) is 0 Å². The van der Waals surface area contributed by atoms with E-state index in [4.69, 9.17) is 0 Å². The zero-order valence-corrected chi connectivity index (χ0v) is 15.4. The van der Waals surface area contributed by atoms with Crippen LogP contribution in [-0.2, 0) is 0 Å². The van der Waals surface area contributed by atoms with E-state index in [0.717, 1.165) is 24.0 Å². The summed E-state index contributed by atoms with van der Waals surface area (Å²) in [5, 5.41) is 20.4. The maximum absolute atomic E-state index is 10.2. The van der Waals surface area contributed by atoms with Gasteiger partial charge in [-0.3, -0.25) is 0 Å². The van der Waals surface area contributed by atoms with Crippen molar-refractivity contribution in [2.45, 2.75) is 65.6 Å². The van der Waals surface area contributed by atoms with Gasteiger partial charge in [-0.1, -0.05) is 50.3 Å². The summed E-state index contributed by atoms with van der Waals surface area (Å²) < 4.78 is 0. The van der Waals surface area contributed by atoms with Crippen LogP contribution in [0.15, 0.2) is 47.6 Å². The number of allylic oxidation sites excluding steroid dienone is 4. The van der Waals surface area contributed by atoms with Gasteiger partial charge in [0.05, 0.1) is 0 Å². The van der Waals surface area contributed by atoms with Crippen LogP contribution in [0.2, 0.25) is 0 Å². The van der Waals surface area contributed by atoms with Crippen LogP contribution in [0.5, 0.6) is 0 Å². The number of hydrogen-bond acceptors (Lipinski definition) is 2. The van der Waals surface area contributed by atoms with Gasteiger partial charge in [-0.25, -0.2) is 0 Å². The quantitative estimate of drug-likeness (QED) is 0.746. The van der Waals surface area contributed by atoms with Crippen molar-refractivity contribution in [2.75, 3.05) is 0 Å². The van der Waals surface area contributed by atoms with Crippen molar-refractivity contribution in [3.63, 3.8) is 0 Å². The Kier molecular flexibility index (Phi) is 4.81. The van der Waals surface area contributed by atoms with Gasteiger partial charge in [0, 0.05) is 5.92 Å². The average Bonchev–Trinajstić information content (AvgIpc) is 2.43. The molecule has 2 aliphatic carbocycles. The first kappa shape index (κ1) is 18.2. The molecule has 23 heavy (non-hydrogen) atoms. The Bertz CT molecular complexity index is 571. The van der Waals surface area contributed by atoms with E-state index < -0.39 is 11.2 Å². The largest absolute Gasteiger partial charge is 0.382 e. The number of aliphatic hydroxyl groups is 2. The van der Waals surface area contributed by atoms with E-state index in [9.17, 15) is 10.2 Å². The van der Waals surface area contributed by atoms with Crippen molar-refractivity contribution < 1.29 is 10.2 Å². The molecule has 2 heteroatoms. The molecule has 2 aliphatic rings. The molecule has 2 N–H and O–H groups in total. The van der Waals surface area contributed by atoms with E-state index in [0.29, 0.717) is 11.8 Å². The van der Waals surface area contributed by atoms with Crippen molar-refractivity contribution in [3.8, 4) is 0 Å². The molecule has 128 valence electrons. The Labute approximate surface area is 141 Å². The minimum Gasteiger partial charge on any atom is -0.382 e. The molecule has 0 heterocycles. The number of hydrogen-bond donors (Lipinski definition) is 2. The zero-order chi connectivity index (χ0) is 17.5. The molecule has 0 aliphatic heterocycles. The van der Waals surface area contributed by atoms with Crippen molar-refractivity contribution in [1.82, 2.24) is 0 Å². The Balaban J connectivity index is 2.01. The van der Waals surface area contributed by atoms with Gasteiger partial charge >= 0.3 is 0 Å². The van der Waals surface area contributed by atoms with E-state index in [1.807, 2.05) is 39.8 Å². The van der Waals surface area contributed by atoms with Crippen LogP contribution >= 0.6 is 0 Å². The second-order valence-electron chi connectivity index (χ2n) is 8.43. The first-order chi connectivity index (χ1) is 10.4. The smallest absolute Gasteiger partial charge is 0.101 e. The molecule has 0 radical (unpaired) electrons. The molecule has 4 atom stereocenters. The van der Waals surface area contributed by atoms with Gasteiger partial charge in [0.2, 0.25) is 0 Å². The topological polar surface area (TPSA) is 40.5 Å². The Hall–Kier alpha value is -1.12. The SMILES string of the molecule is CC1=CC(CCC(C)(C)C2C=CC(C)(O)C(C)=C2)C=CC1(C)O. The van der Waals surface area contributed by atoms with Gasteiger partial charge in [0.1, 0.15) is 11.2 Å². The zero-order valence-electron chi connectivity index (χ0n) is 15.4. The van der Waals surface area contributed by atoms with Crippen LogP contribution in [0, 0.1) is 17.3 Å². The highest BCUT2D eigenvalue weighted by molar-refractivity contribution is 5.31. The Morgan fingerprint density at radius 2 is 1.48 bits per heavy atom. The summed E-state index contributed by atoms with van der Waals surface area (Å²) in [5.74, 6) is 0.749. The lowest BCUT2D eigenvalue weighted by atomic mass is 9.70. The van der Waals surface area contributed by atoms with E-state index in [1.54, 1.807) is 0 Å². The molecular weight excluding hydrogens is 284 g/mol. The summed E-state index contributed by atoms with van der Waals surface area (Å²) in [6.07, 6.45) is 14.7. The summed E-state index contributed by atoms with van der Waals surface area (Å²) in [5.41, 5.74) is 0.617. The first-order valence-electron chi connectivity index (χ1n) is 8.65. The third-order valence-electron chi connectivity index (χ3n) is 5.81. The molecular formula is C21H32O2. The highest BCUT2D eigenvalue weighted by Crippen LogP contribution is 2.40. The lowest BCUT2D eigenvalue weighted by Gasteiger charge is -2.37. The number of rotatable bonds is 4. The van der Waals surface area contributed by atoms with Crippen molar-refractivity contribution >= 4 is 0 Å². The lowest BCUT2D eigenvalue weighted by Crippen LogP contribution is -2.31. The van der Waals surface area contributed by atoms with E-state index >= 15 is 0 Å². The van der Waals surface area contributed by atoms with Crippen LogP contribution < -0.4 is 0 Å². The highest BCUT2D eigenvalue weighted by Gasteiger charge is 2.33. The molecule has 0 fully saturated rings. The minimum atomic E-state index is -0.801. The van der Waals surface area contributed by atoms with E-state index in [2.05, 4.69) is 38.2 Å². The summed E-state index contributed by atoms with van der Waals surface area (Å²) >= 11 is 0. The van der Waals surface area contributed by atoms with Crippen LogP contribution in [-0.4, -0.2) is 21.4 Å². The lowest BCUT2D eigenvalue weighted by molar-refractivity contribution is 0.141. The molecule has 2 nitrogen and oxygen atoms in total. The maximum atomic E-state index is 10.2. The standard InChI is InChI=1S/C21H32O2/c1-15-13-17(8-11-20(15,5)22)7-10-19(3,4)18-9-12-21(6,23)16(2)14-18/h8-9,11-14,17-18,22-23H,7,10H2,1-6H3. The van der Waals surface area contributed by atoms with Crippen molar-refractivity contribution in [2.24, 2.45) is 17.3 Å². The van der Waals surface area contributed by atoms with Crippen LogP contribution in [0.4, 0.5) is 0 Å².